The second kappa shape index (κ2) is 7.38. The third-order valence-corrected chi connectivity index (χ3v) is 3.91. The van der Waals surface area contributed by atoms with Crippen molar-refractivity contribution in [2.24, 2.45) is 0 Å². The number of aromatic nitrogens is 1. The number of hydrogen-bond acceptors (Lipinski definition) is 6. The topological polar surface area (TPSA) is 55.6 Å². The second-order valence-corrected chi connectivity index (χ2v) is 5.74. The minimum atomic E-state index is -0.166. The van der Waals surface area contributed by atoms with E-state index in [0.29, 0.717) is 32.0 Å². The normalized spacial score (nSPS) is 11.0. The first-order valence-electron chi connectivity index (χ1n) is 6.94. The summed E-state index contributed by atoms with van der Waals surface area (Å²) < 4.78 is 10.6. The van der Waals surface area contributed by atoms with Gasteiger partial charge in [-0.2, -0.15) is 0 Å². The number of carbonyl (C=O) groups excluding carboxylic acids is 1. The zero-order chi connectivity index (χ0) is 15.2. The van der Waals surface area contributed by atoms with Crippen LogP contribution in [0.15, 0.2) is 21.9 Å². The molecule has 21 heavy (non-hydrogen) atoms. The molecule has 0 spiro atoms. The van der Waals surface area contributed by atoms with Crippen molar-refractivity contribution in [2.75, 3.05) is 20.2 Å². The Balaban J connectivity index is 1.92. The van der Waals surface area contributed by atoms with Crippen molar-refractivity contribution in [1.82, 2.24) is 9.88 Å². The van der Waals surface area contributed by atoms with E-state index in [9.17, 15) is 4.79 Å². The van der Waals surface area contributed by atoms with Crippen LogP contribution in [0.1, 0.15) is 24.8 Å². The maximum Gasteiger partial charge on any atom is 0.307 e. The maximum absolute atomic E-state index is 11.3. The van der Waals surface area contributed by atoms with Crippen LogP contribution in [0.3, 0.4) is 0 Å². The average molecular weight is 308 g/mol. The molecule has 114 valence electrons. The molecule has 2 rings (SSSR count). The van der Waals surface area contributed by atoms with E-state index in [-0.39, 0.29) is 5.97 Å². The Morgan fingerprint density at radius 1 is 1.52 bits per heavy atom. The number of thiophene rings is 1. The number of aryl methyl sites for hydroxylation is 1. The van der Waals surface area contributed by atoms with Gasteiger partial charge in [0, 0.05) is 13.1 Å². The number of rotatable bonds is 7. The SMILES string of the molecule is CCOC(=O)CCN(C)Cc1nc(-c2cccs2)oc1C. The molecule has 6 heteroatoms. The molecular formula is C15H20N2O3S. The Morgan fingerprint density at radius 3 is 3.00 bits per heavy atom. The van der Waals surface area contributed by atoms with Gasteiger partial charge in [0.15, 0.2) is 0 Å². The fourth-order valence-electron chi connectivity index (χ4n) is 1.93. The van der Waals surface area contributed by atoms with Crippen LogP contribution >= 0.6 is 11.3 Å². The van der Waals surface area contributed by atoms with Crippen molar-refractivity contribution in [3.63, 3.8) is 0 Å². The molecule has 0 atom stereocenters. The number of esters is 1. The van der Waals surface area contributed by atoms with Gasteiger partial charge in [-0.15, -0.1) is 11.3 Å². The van der Waals surface area contributed by atoms with Crippen molar-refractivity contribution in [3.05, 3.63) is 29.0 Å². The number of oxazole rings is 1. The summed E-state index contributed by atoms with van der Waals surface area (Å²) in [7, 11) is 1.96. The van der Waals surface area contributed by atoms with E-state index >= 15 is 0 Å². The molecule has 2 heterocycles. The van der Waals surface area contributed by atoms with Crippen LogP contribution in [0.5, 0.6) is 0 Å². The Bertz CT molecular complexity index is 578. The van der Waals surface area contributed by atoms with E-state index in [1.54, 1.807) is 11.3 Å². The standard InChI is InChI=1S/C15H20N2O3S/c1-4-19-14(18)7-8-17(3)10-12-11(2)20-15(16-12)13-6-5-9-21-13/h5-6,9H,4,7-8,10H2,1-3H3. The molecule has 0 aliphatic rings. The molecule has 0 saturated carbocycles. The molecule has 0 fully saturated rings. The Morgan fingerprint density at radius 2 is 2.33 bits per heavy atom. The first-order chi connectivity index (χ1) is 10.1. The van der Waals surface area contributed by atoms with E-state index in [4.69, 9.17) is 9.15 Å². The van der Waals surface area contributed by atoms with Crippen molar-refractivity contribution >= 4 is 17.3 Å². The number of carbonyl (C=O) groups is 1. The van der Waals surface area contributed by atoms with Crippen LogP contribution in [0, 0.1) is 6.92 Å². The third-order valence-electron chi connectivity index (χ3n) is 3.05. The van der Waals surface area contributed by atoms with Crippen molar-refractivity contribution in [3.8, 4) is 10.8 Å². The van der Waals surface area contributed by atoms with Crippen LogP contribution in [0.25, 0.3) is 10.8 Å². The van der Waals surface area contributed by atoms with Crippen LogP contribution in [0.4, 0.5) is 0 Å². The number of ether oxygens (including phenoxy) is 1. The lowest BCUT2D eigenvalue weighted by Gasteiger charge is -2.14. The molecule has 0 aliphatic carbocycles. The molecule has 2 aromatic heterocycles. The molecule has 0 bridgehead atoms. The molecular weight excluding hydrogens is 288 g/mol. The highest BCUT2D eigenvalue weighted by Crippen LogP contribution is 2.26. The maximum atomic E-state index is 11.3. The second-order valence-electron chi connectivity index (χ2n) is 4.79. The summed E-state index contributed by atoms with van der Waals surface area (Å²) in [6.07, 6.45) is 0.388. The quantitative estimate of drug-likeness (QED) is 0.736. The summed E-state index contributed by atoms with van der Waals surface area (Å²) in [5, 5.41) is 2.00. The van der Waals surface area contributed by atoms with Gasteiger partial charge in [-0.1, -0.05) is 6.07 Å². The molecule has 5 nitrogen and oxygen atoms in total. The predicted octanol–water partition coefficient (Wildman–Crippen LogP) is 3.10. The van der Waals surface area contributed by atoms with Gasteiger partial charge in [0.1, 0.15) is 5.76 Å². The molecule has 0 unspecified atom stereocenters. The predicted molar refractivity (Wildman–Crippen MR) is 82.1 cm³/mol. The Hall–Kier alpha value is -1.66. The van der Waals surface area contributed by atoms with Crippen LogP contribution in [-0.2, 0) is 16.1 Å². The lowest BCUT2D eigenvalue weighted by molar-refractivity contribution is -0.143. The fraction of sp³-hybridized carbons (Fsp3) is 0.467. The van der Waals surface area contributed by atoms with Crippen LogP contribution in [-0.4, -0.2) is 36.1 Å². The minimum Gasteiger partial charge on any atom is -0.466 e. The highest BCUT2D eigenvalue weighted by Gasteiger charge is 2.14. The largest absolute Gasteiger partial charge is 0.466 e. The lowest BCUT2D eigenvalue weighted by atomic mass is 10.3. The third kappa shape index (κ3) is 4.41. The van der Waals surface area contributed by atoms with Gasteiger partial charge in [-0.3, -0.25) is 9.69 Å². The Labute approximate surface area is 128 Å². The summed E-state index contributed by atoms with van der Waals surface area (Å²) in [4.78, 5) is 19.0. The average Bonchev–Trinajstić information content (AvgIpc) is 3.07. The molecule has 0 saturated heterocycles. The molecule has 0 amide bonds. The monoisotopic (exact) mass is 308 g/mol. The van der Waals surface area contributed by atoms with E-state index < -0.39 is 0 Å². The summed E-state index contributed by atoms with van der Waals surface area (Å²) in [5.74, 6) is 1.32. The summed E-state index contributed by atoms with van der Waals surface area (Å²) >= 11 is 1.61. The number of nitrogens with zero attached hydrogens (tertiary/aromatic N) is 2. The van der Waals surface area contributed by atoms with Gasteiger partial charge in [0.2, 0.25) is 5.89 Å². The highest BCUT2D eigenvalue weighted by atomic mass is 32.1. The summed E-state index contributed by atoms with van der Waals surface area (Å²) in [5.41, 5.74) is 0.907. The smallest absolute Gasteiger partial charge is 0.307 e. The summed E-state index contributed by atoms with van der Waals surface area (Å²) in [6, 6.07) is 3.97. The molecule has 0 aliphatic heterocycles. The van der Waals surface area contributed by atoms with E-state index in [2.05, 4.69) is 4.98 Å². The van der Waals surface area contributed by atoms with Crippen molar-refractivity contribution in [2.45, 2.75) is 26.8 Å². The first kappa shape index (κ1) is 15.7. The van der Waals surface area contributed by atoms with Crippen molar-refractivity contribution < 1.29 is 13.9 Å². The Kier molecular flexibility index (Phi) is 5.52. The zero-order valence-electron chi connectivity index (χ0n) is 12.6. The van der Waals surface area contributed by atoms with Gasteiger partial charge in [-0.25, -0.2) is 4.98 Å². The number of hydrogen-bond donors (Lipinski definition) is 0. The first-order valence-corrected chi connectivity index (χ1v) is 7.82. The van der Waals surface area contributed by atoms with Crippen LogP contribution in [0.2, 0.25) is 0 Å². The molecule has 0 aromatic carbocycles. The van der Waals surface area contributed by atoms with Gasteiger partial charge in [0.05, 0.1) is 23.6 Å². The lowest BCUT2D eigenvalue weighted by Crippen LogP contribution is -2.22. The van der Waals surface area contributed by atoms with E-state index in [0.717, 1.165) is 16.3 Å². The molecule has 0 N–H and O–H groups in total. The fourth-order valence-corrected chi connectivity index (χ4v) is 2.58. The molecule has 2 aromatic rings. The van der Waals surface area contributed by atoms with Gasteiger partial charge in [0.25, 0.3) is 0 Å². The van der Waals surface area contributed by atoms with E-state index in [1.165, 1.54) is 0 Å². The zero-order valence-corrected chi connectivity index (χ0v) is 13.4. The van der Waals surface area contributed by atoms with Crippen molar-refractivity contribution in [1.29, 1.82) is 0 Å². The minimum absolute atomic E-state index is 0.166. The molecule has 0 radical (unpaired) electrons. The van der Waals surface area contributed by atoms with Gasteiger partial charge in [-0.05, 0) is 32.3 Å². The van der Waals surface area contributed by atoms with Gasteiger partial charge < -0.3 is 9.15 Å². The van der Waals surface area contributed by atoms with Gasteiger partial charge >= 0.3 is 5.97 Å². The highest BCUT2D eigenvalue weighted by molar-refractivity contribution is 7.13. The van der Waals surface area contributed by atoms with Crippen LogP contribution < -0.4 is 0 Å². The van der Waals surface area contributed by atoms with E-state index in [1.807, 2.05) is 43.3 Å². The summed E-state index contributed by atoms with van der Waals surface area (Å²) in [6.45, 7) is 5.44.